The van der Waals surface area contributed by atoms with Gasteiger partial charge in [-0.25, -0.2) is 0 Å². The average molecular weight is 366 g/mol. The summed E-state index contributed by atoms with van der Waals surface area (Å²) < 4.78 is 0. The van der Waals surface area contributed by atoms with Gasteiger partial charge in [0.2, 0.25) is 11.8 Å². The fourth-order valence-electron chi connectivity index (χ4n) is 3.40. The normalized spacial score (nSPS) is 19.7. The molecule has 26 heavy (non-hydrogen) atoms. The van der Waals surface area contributed by atoms with Gasteiger partial charge in [-0.05, 0) is 44.4 Å². The zero-order valence-corrected chi connectivity index (χ0v) is 15.8. The van der Waals surface area contributed by atoms with E-state index in [0.717, 1.165) is 35.3 Å². The molecule has 1 saturated heterocycles. The van der Waals surface area contributed by atoms with Gasteiger partial charge in [-0.2, -0.15) is 0 Å². The lowest BCUT2D eigenvalue weighted by molar-refractivity contribution is -0.117. The van der Waals surface area contributed by atoms with Crippen molar-refractivity contribution in [1.82, 2.24) is 0 Å². The SMILES string of the molecule is Cc1ccc(N2C(=O)CS[C@@H]2c2ccccc2NC(=O)C2CC2)c(C)c1. The average Bonchev–Trinajstić information content (AvgIpc) is 3.40. The van der Waals surface area contributed by atoms with Crippen molar-refractivity contribution in [2.24, 2.45) is 5.92 Å². The van der Waals surface area contributed by atoms with Crippen LogP contribution in [0.4, 0.5) is 11.4 Å². The van der Waals surface area contributed by atoms with Gasteiger partial charge < -0.3 is 5.32 Å². The Morgan fingerprint density at radius 3 is 2.65 bits per heavy atom. The second-order valence-electron chi connectivity index (χ2n) is 7.07. The van der Waals surface area contributed by atoms with Crippen molar-refractivity contribution in [3.63, 3.8) is 0 Å². The summed E-state index contributed by atoms with van der Waals surface area (Å²) in [6.45, 7) is 4.09. The van der Waals surface area contributed by atoms with E-state index in [2.05, 4.69) is 18.3 Å². The summed E-state index contributed by atoms with van der Waals surface area (Å²) in [7, 11) is 0. The highest BCUT2D eigenvalue weighted by Crippen LogP contribution is 2.45. The molecule has 2 aromatic rings. The Hall–Kier alpha value is -2.27. The van der Waals surface area contributed by atoms with E-state index in [1.807, 2.05) is 48.2 Å². The lowest BCUT2D eigenvalue weighted by Crippen LogP contribution is -2.29. The molecule has 5 heteroatoms. The molecule has 0 aromatic heterocycles. The Morgan fingerprint density at radius 2 is 1.92 bits per heavy atom. The minimum absolute atomic E-state index is 0.0878. The molecule has 0 bridgehead atoms. The number of aryl methyl sites for hydroxylation is 2. The van der Waals surface area contributed by atoms with E-state index in [4.69, 9.17) is 0 Å². The van der Waals surface area contributed by atoms with E-state index in [-0.39, 0.29) is 23.1 Å². The van der Waals surface area contributed by atoms with Crippen molar-refractivity contribution < 1.29 is 9.59 Å². The van der Waals surface area contributed by atoms with E-state index >= 15 is 0 Å². The Bertz CT molecular complexity index is 876. The van der Waals surface area contributed by atoms with Gasteiger partial charge in [0, 0.05) is 22.9 Å². The highest BCUT2D eigenvalue weighted by molar-refractivity contribution is 8.00. The fraction of sp³-hybridized carbons (Fsp3) is 0.333. The summed E-state index contributed by atoms with van der Waals surface area (Å²) in [5.74, 6) is 0.791. The van der Waals surface area contributed by atoms with Gasteiger partial charge in [-0.15, -0.1) is 11.8 Å². The van der Waals surface area contributed by atoms with Crippen LogP contribution in [0.3, 0.4) is 0 Å². The number of hydrogen-bond donors (Lipinski definition) is 1. The van der Waals surface area contributed by atoms with E-state index in [1.165, 1.54) is 5.56 Å². The van der Waals surface area contributed by atoms with Crippen LogP contribution in [0, 0.1) is 19.8 Å². The molecule has 0 radical (unpaired) electrons. The van der Waals surface area contributed by atoms with Gasteiger partial charge in [-0.1, -0.05) is 35.9 Å². The third-order valence-electron chi connectivity index (χ3n) is 4.91. The van der Waals surface area contributed by atoms with Crippen molar-refractivity contribution in [3.05, 3.63) is 59.2 Å². The molecule has 2 aromatic carbocycles. The number of hydrogen-bond acceptors (Lipinski definition) is 3. The Balaban J connectivity index is 1.70. The maximum Gasteiger partial charge on any atom is 0.238 e. The van der Waals surface area contributed by atoms with Crippen LogP contribution < -0.4 is 10.2 Å². The maximum atomic E-state index is 12.7. The molecule has 134 valence electrons. The minimum atomic E-state index is -0.125. The van der Waals surface area contributed by atoms with E-state index < -0.39 is 0 Å². The highest BCUT2D eigenvalue weighted by atomic mass is 32.2. The van der Waals surface area contributed by atoms with Crippen molar-refractivity contribution in [3.8, 4) is 0 Å². The summed E-state index contributed by atoms with van der Waals surface area (Å²) >= 11 is 1.61. The number of nitrogens with zero attached hydrogens (tertiary/aromatic N) is 1. The molecular weight excluding hydrogens is 344 g/mol. The Morgan fingerprint density at radius 1 is 1.15 bits per heavy atom. The monoisotopic (exact) mass is 366 g/mol. The number of carbonyl (C=O) groups excluding carboxylic acids is 2. The maximum absolute atomic E-state index is 12.7. The van der Waals surface area contributed by atoms with E-state index in [9.17, 15) is 9.59 Å². The van der Waals surface area contributed by atoms with Crippen LogP contribution in [0.1, 0.15) is 34.9 Å². The summed E-state index contributed by atoms with van der Waals surface area (Å²) in [6, 6.07) is 14.0. The first-order chi connectivity index (χ1) is 12.5. The molecule has 1 atom stereocenters. The molecule has 4 rings (SSSR count). The number of anilines is 2. The first-order valence-corrected chi connectivity index (χ1v) is 10.00. The van der Waals surface area contributed by atoms with Crippen molar-refractivity contribution in [1.29, 1.82) is 0 Å². The summed E-state index contributed by atoms with van der Waals surface area (Å²) in [4.78, 5) is 26.8. The molecule has 2 fully saturated rings. The van der Waals surface area contributed by atoms with Gasteiger partial charge in [0.15, 0.2) is 0 Å². The molecule has 4 nitrogen and oxygen atoms in total. The fourth-order valence-corrected chi connectivity index (χ4v) is 4.60. The third-order valence-corrected chi connectivity index (χ3v) is 6.11. The zero-order chi connectivity index (χ0) is 18.3. The first kappa shape index (κ1) is 17.2. The molecule has 0 unspecified atom stereocenters. The molecule has 2 aliphatic rings. The van der Waals surface area contributed by atoms with Crippen LogP contribution in [-0.2, 0) is 9.59 Å². The summed E-state index contributed by atoms with van der Waals surface area (Å²) in [6.07, 6.45) is 1.94. The van der Waals surface area contributed by atoms with Crippen molar-refractivity contribution >= 4 is 35.0 Å². The quantitative estimate of drug-likeness (QED) is 0.871. The summed E-state index contributed by atoms with van der Waals surface area (Å²) in [5.41, 5.74) is 5.01. The van der Waals surface area contributed by atoms with Crippen LogP contribution in [0.15, 0.2) is 42.5 Å². The van der Waals surface area contributed by atoms with Crippen LogP contribution in [0.5, 0.6) is 0 Å². The standard InChI is InChI=1S/C21H22N2O2S/c1-13-7-10-18(14(2)11-13)23-19(24)12-26-21(23)16-5-3-4-6-17(16)22-20(25)15-8-9-15/h3-7,10-11,15,21H,8-9,12H2,1-2H3,(H,22,25)/t21-/m1/s1. The number of benzene rings is 2. The molecule has 1 saturated carbocycles. The Kier molecular flexibility index (Phi) is 4.49. The number of nitrogens with one attached hydrogen (secondary N) is 1. The van der Waals surface area contributed by atoms with Gasteiger partial charge >= 0.3 is 0 Å². The molecule has 1 aliphatic carbocycles. The van der Waals surface area contributed by atoms with Crippen molar-refractivity contribution in [2.45, 2.75) is 32.1 Å². The third kappa shape index (κ3) is 3.23. The predicted octanol–water partition coefficient (Wildman–Crippen LogP) is 4.43. The van der Waals surface area contributed by atoms with Gasteiger partial charge in [-0.3, -0.25) is 14.5 Å². The van der Waals surface area contributed by atoms with Crippen LogP contribution in [0.2, 0.25) is 0 Å². The molecule has 0 spiro atoms. The smallest absolute Gasteiger partial charge is 0.238 e. The van der Waals surface area contributed by atoms with Crippen molar-refractivity contribution in [2.75, 3.05) is 16.0 Å². The number of carbonyl (C=O) groups is 2. The minimum Gasteiger partial charge on any atom is -0.325 e. The van der Waals surface area contributed by atoms with Crippen LogP contribution in [0.25, 0.3) is 0 Å². The molecule has 1 heterocycles. The molecular formula is C21H22N2O2S. The number of para-hydroxylation sites is 1. The van der Waals surface area contributed by atoms with E-state index in [0.29, 0.717) is 5.75 Å². The molecule has 1 aliphatic heterocycles. The van der Waals surface area contributed by atoms with Crippen LogP contribution in [-0.4, -0.2) is 17.6 Å². The second kappa shape index (κ2) is 6.80. The second-order valence-corrected chi connectivity index (χ2v) is 8.14. The number of amides is 2. The first-order valence-electron chi connectivity index (χ1n) is 8.95. The predicted molar refractivity (Wildman–Crippen MR) is 106 cm³/mol. The van der Waals surface area contributed by atoms with Crippen LogP contribution >= 0.6 is 11.8 Å². The number of thioether (sulfide) groups is 1. The highest BCUT2D eigenvalue weighted by Gasteiger charge is 2.37. The topological polar surface area (TPSA) is 49.4 Å². The van der Waals surface area contributed by atoms with E-state index in [1.54, 1.807) is 11.8 Å². The lowest BCUT2D eigenvalue weighted by atomic mass is 10.1. The van der Waals surface area contributed by atoms with Gasteiger partial charge in [0.25, 0.3) is 0 Å². The summed E-state index contributed by atoms with van der Waals surface area (Å²) in [5, 5.41) is 2.94. The lowest BCUT2D eigenvalue weighted by Gasteiger charge is -2.27. The largest absolute Gasteiger partial charge is 0.325 e. The van der Waals surface area contributed by atoms with Gasteiger partial charge in [0.05, 0.1) is 5.75 Å². The zero-order valence-electron chi connectivity index (χ0n) is 15.0. The number of rotatable bonds is 4. The molecule has 1 N–H and O–H groups in total. The Labute approximate surface area is 158 Å². The van der Waals surface area contributed by atoms with Gasteiger partial charge in [0.1, 0.15) is 5.37 Å². The molecule has 2 amide bonds.